The third kappa shape index (κ3) is 3.45. The lowest BCUT2D eigenvalue weighted by Crippen LogP contribution is -2.41. The van der Waals surface area contributed by atoms with Crippen LogP contribution >= 0.6 is 11.3 Å². The number of likely N-dealkylation sites (tertiary alicyclic amines) is 1. The van der Waals surface area contributed by atoms with Gasteiger partial charge in [0.1, 0.15) is 0 Å². The van der Waals surface area contributed by atoms with Crippen LogP contribution in [0.5, 0.6) is 0 Å². The summed E-state index contributed by atoms with van der Waals surface area (Å²) < 4.78 is 5.19. The Kier molecular flexibility index (Phi) is 5.15. The van der Waals surface area contributed by atoms with Gasteiger partial charge in [0.05, 0.1) is 12.3 Å². The van der Waals surface area contributed by atoms with E-state index in [1.54, 1.807) is 18.4 Å². The van der Waals surface area contributed by atoms with Gasteiger partial charge in [-0.1, -0.05) is 0 Å². The van der Waals surface area contributed by atoms with Crippen LogP contribution < -0.4 is 10.6 Å². The van der Waals surface area contributed by atoms with Gasteiger partial charge in [-0.2, -0.15) is 0 Å². The summed E-state index contributed by atoms with van der Waals surface area (Å²) in [6.07, 6.45) is 2.40. The van der Waals surface area contributed by atoms with E-state index in [9.17, 15) is 0 Å². The minimum absolute atomic E-state index is 0.539. The molecule has 0 bridgehead atoms. The number of anilines is 1. The SMILES string of the molecule is COCc1nc(N(C)C2CCN(C)CC2)sc1CN. The topological polar surface area (TPSA) is 54.6 Å². The van der Waals surface area contributed by atoms with E-state index >= 15 is 0 Å². The number of ether oxygens (including phenoxy) is 1. The smallest absolute Gasteiger partial charge is 0.185 e. The molecule has 1 aliphatic heterocycles. The van der Waals surface area contributed by atoms with Crippen molar-refractivity contribution in [2.24, 2.45) is 5.73 Å². The predicted octanol–water partition coefficient (Wildman–Crippen LogP) is 1.28. The monoisotopic (exact) mass is 284 g/mol. The highest BCUT2D eigenvalue weighted by Gasteiger charge is 2.23. The zero-order valence-corrected chi connectivity index (χ0v) is 12.9. The number of nitrogens with two attached hydrogens (primary N) is 1. The molecule has 1 aromatic rings. The van der Waals surface area contributed by atoms with Gasteiger partial charge in [0.2, 0.25) is 0 Å². The molecule has 1 saturated heterocycles. The van der Waals surface area contributed by atoms with Crippen LogP contribution in [0.1, 0.15) is 23.4 Å². The van der Waals surface area contributed by atoms with Gasteiger partial charge in [0.15, 0.2) is 5.13 Å². The zero-order chi connectivity index (χ0) is 13.8. The lowest BCUT2D eigenvalue weighted by Gasteiger charge is -2.34. The average Bonchev–Trinajstić information content (AvgIpc) is 2.82. The Morgan fingerprint density at radius 2 is 2.16 bits per heavy atom. The van der Waals surface area contributed by atoms with E-state index in [1.165, 1.54) is 12.8 Å². The van der Waals surface area contributed by atoms with E-state index in [2.05, 4.69) is 23.9 Å². The van der Waals surface area contributed by atoms with Crippen LogP contribution in [0.25, 0.3) is 0 Å². The largest absolute Gasteiger partial charge is 0.378 e. The molecule has 2 rings (SSSR count). The van der Waals surface area contributed by atoms with Crippen LogP contribution in [0, 0.1) is 0 Å². The van der Waals surface area contributed by atoms with E-state index in [4.69, 9.17) is 15.5 Å². The van der Waals surface area contributed by atoms with Gasteiger partial charge >= 0.3 is 0 Å². The molecule has 0 radical (unpaired) electrons. The summed E-state index contributed by atoms with van der Waals surface area (Å²) in [6.45, 7) is 3.41. The molecule has 1 aliphatic rings. The van der Waals surface area contributed by atoms with Gasteiger partial charge in [-0.3, -0.25) is 0 Å². The fourth-order valence-electron chi connectivity index (χ4n) is 2.47. The summed E-state index contributed by atoms with van der Waals surface area (Å²) in [5.74, 6) is 0. The summed E-state index contributed by atoms with van der Waals surface area (Å²) in [5, 5.41) is 1.07. The van der Waals surface area contributed by atoms with Gasteiger partial charge in [0, 0.05) is 31.6 Å². The number of nitrogens with zero attached hydrogens (tertiary/aromatic N) is 3. The van der Waals surface area contributed by atoms with Gasteiger partial charge in [0.25, 0.3) is 0 Å². The van der Waals surface area contributed by atoms with Crippen molar-refractivity contribution < 1.29 is 4.74 Å². The molecule has 0 spiro atoms. The number of thiazole rings is 1. The second kappa shape index (κ2) is 6.65. The minimum Gasteiger partial charge on any atom is -0.378 e. The van der Waals surface area contributed by atoms with Crippen molar-refractivity contribution >= 4 is 16.5 Å². The lowest BCUT2D eigenvalue weighted by molar-refractivity contribution is 0.181. The maximum absolute atomic E-state index is 5.78. The first-order chi connectivity index (χ1) is 9.15. The molecule has 1 fully saturated rings. The molecule has 2 heterocycles. The quantitative estimate of drug-likeness (QED) is 0.883. The van der Waals surface area contributed by atoms with Crippen LogP contribution in [0.4, 0.5) is 5.13 Å². The van der Waals surface area contributed by atoms with E-state index in [0.717, 1.165) is 28.8 Å². The molecule has 0 amide bonds. The summed E-state index contributed by atoms with van der Waals surface area (Å²) in [7, 11) is 6.02. The summed E-state index contributed by atoms with van der Waals surface area (Å²) in [6, 6.07) is 0.586. The lowest BCUT2D eigenvalue weighted by atomic mass is 10.0. The maximum Gasteiger partial charge on any atom is 0.185 e. The first kappa shape index (κ1) is 14.7. The standard InChI is InChI=1S/C13H24N4OS/c1-16-6-4-10(5-7-16)17(2)13-15-11(9-18-3)12(8-14)19-13/h10H,4-9,14H2,1-3H3. The Labute approximate surface area is 119 Å². The second-order valence-electron chi connectivity index (χ2n) is 5.15. The molecule has 6 heteroatoms. The minimum atomic E-state index is 0.539. The molecule has 0 atom stereocenters. The van der Waals surface area contributed by atoms with Gasteiger partial charge in [-0.05, 0) is 33.0 Å². The maximum atomic E-state index is 5.78. The third-order valence-electron chi connectivity index (χ3n) is 3.77. The fraction of sp³-hybridized carbons (Fsp3) is 0.769. The number of piperidine rings is 1. The van der Waals surface area contributed by atoms with Crippen molar-refractivity contribution in [1.29, 1.82) is 0 Å². The van der Waals surface area contributed by atoms with Crippen molar-refractivity contribution in [1.82, 2.24) is 9.88 Å². The summed E-state index contributed by atoms with van der Waals surface area (Å²) in [5.41, 5.74) is 6.77. The van der Waals surface area contributed by atoms with E-state index in [-0.39, 0.29) is 0 Å². The van der Waals surface area contributed by atoms with E-state index in [0.29, 0.717) is 19.2 Å². The van der Waals surface area contributed by atoms with Crippen LogP contribution in [0.15, 0.2) is 0 Å². The zero-order valence-electron chi connectivity index (χ0n) is 12.1. The van der Waals surface area contributed by atoms with E-state index in [1.807, 2.05) is 0 Å². The van der Waals surface area contributed by atoms with Crippen molar-refractivity contribution in [3.8, 4) is 0 Å². The molecule has 2 N–H and O–H groups in total. The van der Waals surface area contributed by atoms with Crippen molar-refractivity contribution in [3.63, 3.8) is 0 Å². The molecule has 19 heavy (non-hydrogen) atoms. The number of methoxy groups -OCH3 is 1. The molecule has 1 aromatic heterocycles. The molecular formula is C13H24N4OS. The molecule has 5 nitrogen and oxygen atoms in total. The average molecular weight is 284 g/mol. The first-order valence-corrected chi connectivity index (χ1v) is 7.56. The number of rotatable bonds is 5. The summed E-state index contributed by atoms with van der Waals surface area (Å²) >= 11 is 1.70. The third-order valence-corrected chi connectivity index (χ3v) is 4.98. The van der Waals surface area contributed by atoms with Crippen LogP contribution in [-0.2, 0) is 17.9 Å². The first-order valence-electron chi connectivity index (χ1n) is 6.74. The Hall–Kier alpha value is -0.690. The summed E-state index contributed by atoms with van der Waals surface area (Å²) in [4.78, 5) is 10.5. The van der Waals surface area contributed by atoms with Crippen molar-refractivity contribution in [2.45, 2.75) is 32.0 Å². The van der Waals surface area contributed by atoms with Crippen LogP contribution in [0.3, 0.4) is 0 Å². The predicted molar refractivity (Wildman–Crippen MR) is 79.6 cm³/mol. The number of aromatic nitrogens is 1. The highest BCUT2D eigenvalue weighted by atomic mass is 32.1. The Balaban J connectivity index is 2.08. The molecule has 0 unspecified atom stereocenters. The van der Waals surface area contributed by atoms with Crippen molar-refractivity contribution in [3.05, 3.63) is 10.6 Å². The van der Waals surface area contributed by atoms with Crippen LogP contribution in [0.2, 0.25) is 0 Å². The highest BCUT2D eigenvalue weighted by Crippen LogP contribution is 2.29. The fourth-order valence-corrected chi connectivity index (χ4v) is 3.44. The normalized spacial score (nSPS) is 17.9. The Morgan fingerprint density at radius 3 is 2.74 bits per heavy atom. The molecule has 0 aliphatic carbocycles. The van der Waals surface area contributed by atoms with E-state index < -0.39 is 0 Å². The molecule has 0 saturated carbocycles. The highest BCUT2D eigenvalue weighted by molar-refractivity contribution is 7.15. The van der Waals surface area contributed by atoms with Gasteiger partial charge < -0.3 is 20.3 Å². The second-order valence-corrected chi connectivity index (χ2v) is 6.21. The van der Waals surface area contributed by atoms with Gasteiger partial charge in [-0.15, -0.1) is 11.3 Å². The Morgan fingerprint density at radius 1 is 1.47 bits per heavy atom. The Bertz CT molecular complexity index is 401. The van der Waals surface area contributed by atoms with Gasteiger partial charge in [-0.25, -0.2) is 4.98 Å². The number of hydrogen-bond donors (Lipinski definition) is 1. The van der Waals surface area contributed by atoms with Crippen molar-refractivity contribution in [2.75, 3.05) is 39.2 Å². The molecular weight excluding hydrogens is 260 g/mol. The molecule has 0 aromatic carbocycles. The van der Waals surface area contributed by atoms with Crippen LogP contribution in [-0.4, -0.2) is 50.2 Å². The number of hydrogen-bond acceptors (Lipinski definition) is 6. The molecule has 108 valence electrons.